The number of fused-ring (bicyclic) bond motifs is 1. The van der Waals surface area contributed by atoms with Crippen LogP contribution in [-0.2, 0) is 6.54 Å². The summed E-state index contributed by atoms with van der Waals surface area (Å²) in [4.78, 5) is 3.04. The van der Waals surface area contributed by atoms with Gasteiger partial charge in [0.1, 0.15) is 0 Å². The van der Waals surface area contributed by atoms with Gasteiger partial charge in [-0.25, -0.2) is 0 Å². The van der Waals surface area contributed by atoms with Crippen molar-refractivity contribution in [3.63, 3.8) is 0 Å². The van der Waals surface area contributed by atoms with E-state index in [4.69, 9.17) is 12.2 Å². The number of alkyl halides is 3. The van der Waals surface area contributed by atoms with Crippen LogP contribution in [0.5, 0.6) is 0 Å². The number of aryl methyl sites for hydroxylation is 2. The van der Waals surface area contributed by atoms with Crippen LogP contribution in [0.2, 0.25) is 0 Å². The molecule has 1 N–H and O–H groups in total. The third-order valence-corrected chi connectivity index (χ3v) is 3.18. The highest BCUT2D eigenvalue weighted by atomic mass is 32.1. The molecule has 0 aliphatic rings. The Morgan fingerprint density at radius 3 is 2.72 bits per heavy atom. The fourth-order valence-corrected chi connectivity index (χ4v) is 2.27. The number of aromatic amines is 1. The fourth-order valence-electron chi connectivity index (χ4n) is 1.98. The highest BCUT2D eigenvalue weighted by Gasteiger charge is 2.26. The minimum absolute atomic E-state index is 0.0404. The summed E-state index contributed by atoms with van der Waals surface area (Å²) in [7, 11) is 0. The van der Waals surface area contributed by atoms with Crippen molar-refractivity contribution < 1.29 is 13.2 Å². The molecule has 0 aliphatic heterocycles. The molecule has 2 aromatic rings. The van der Waals surface area contributed by atoms with Crippen molar-refractivity contribution in [3.05, 3.63) is 28.5 Å². The topological polar surface area (TPSA) is 20.7 Å². The van der Waals surface area contributed by atoms with Crippen LogP contribution in [0.3, 0.4) is 0 Å². The summed E-state index contributed by atoms with van der Waals surface area (Å²) in [6.07, 6.45) is -4.85. The molecule has 2 rings (SSSR count). The maximum absolute atomic E-state index is 12.1. The Balaban J connectivity index is 2.26. The second-order valence-electron chi connectivity index (χ2n) is 4.27. The first-order chi connectivity index (χ1) is 8.38. The van der Waals surface area contributed by atoms with Gasteiger partial charge in [0.25, 0.3) is 0 Å². The third-order valence-electron chi connectivity index (χ3n) is 2.86. The molecule has 6 heteroatoms. The van der Waals surface area contributed by atoms with Crippen molar-refractivity contribution in [2.75, 3.05) is 0 Å². The highest BCUT2D eigenvalue weighted by Crippen LogP contribution is 2.23. The molecule has 2 nitrogen and oxygen atoms in total. The number of rotatable bonds is 3. The average Bonchev–Trinajstić information content (AvgIpc) is 2.56. The molecule has 1 heterocycles. The normalized spacial score (nSPS) is 12.2. The summed E-state index contributed by atoms with van der Waals surface area (Å²) in [5.74, 6) is 0. The Labute approximate surface area is 107 Å². The van der Waals surface area contributed by atoms with E-state index in [0.29, 0.717) is 4.77 Å². The third kappa shape index (κ3) is 2.75. The summed E-state index contributed by atoms with van der Waals surface area (Å²) in [6.45, 7) is 2.22. The summed E-state index contributed by atoms with van der Waals surface area (Å²) in [5.41, 5.74) is 2.80. The zero-order valence-corrected chi connectivity index (χ0v) is 10.7. The first-order valence-electron chi connectivity index (χ1n) is 5.63. The van der Waals surface area contributed by atoms with E-state index in [-0.39, 0.29) is 13.0 Å². The van der Waals surface area contributed by atoms with E-state index in [1.165, 1.54) is 0 Å². The van der Waals surface area contributed by atoms with E-state index in [1.807, 2.05) is 25.1 Å². The van der Waals surface area contributed by atoms with Crippen LogP contribution in [0.15, 0.2) is 18.2 Å². The lowest BCUT2D eigenvalue weighted by Gasteiger charge is -2.07. The number of nitrogens with one attached hydrogen (secondary N) is 1. The number of nitrogens with zero attached hydrogens (tertiary/aromatic N) is 1. The zero-order valence-electron chi connectivity index (χ0n) is 9.84. The van der Waals surface area contributed by atoms with Crippen LogP contribution in [0.25, 0.3) is 11.0 Å². The largest absolute Gasteiger partial charge is 0.389 e. The van der Waals surface area contributed by atoms with E-state index < -0.39 is 12.6 Å². The number of imidazole rings is 1. The lowest BCUT2D eigenvalue weighted by atomic mass is 10.2. The SMILES string of the molecule is Cc1cccc2c1[nH]c(=S)n2CCCC(F)(F)F. The number of para-hydroxylation sites is 1. The van der Waals surface area contributed by atoms with Crippen molar-refractivity contribution in [2.24, 2.45) is 0 Å². The number of benzene rings is 1. The number of hydrogen-bond donors (Lipinski definition) is 1. The van der Waals surface area contributed by atoms with Crippen LogP contribution >= 0.6 is 12.2 Å². The smallest absolute Gasteiger partial charge is 0.330 e. The molecule has 18 heavy (non-hydrogen) atoms. The van der Waals surface area contributed by atoms with E-state index in [2.05, 4.69) is 4.98 Å². The van der Waals surface area contributed by atoms with Crippen molar-refractivity contribution in [2.45, 2.75) is 32.5 Å². The van der Waals surface area contributed by atoms with E-state index in [0.717, 1.165) is 16.6 Å². The Hall–Kier alpha value is -1.30. The maximum atomic E-state index is 12.1. The Kier molecular flexibility index (Phi) is 3.47. The molecule has 0 radical (unpaired) electrons. The first kappa shape index (κ1) is 13.1. The quantitative estimate of drug-likeness (QED) is 0.825. The summed E-state index contributed by atoms with van der Waals surface area (Å²) >= 11 is 5.15. The van der Waals surface area contributed by atoms with Crippen LogP contribution < -0.4 is 0 Å². The number of hydrogen-bond acceptors (Lipinski definition) is 1. The van der Waals surface area contributed by atoms with Gasteiger partial charge in [0, 0.05) is 13.0 Å². The van der Waals surface area contributed by atoms with E-state index >= 15 is 0 Å². The number of halogens is 3. The molecule has 0 amide bonds. The molecule has 0 bridgehead atoms. The van der Waals surface area contributed by atoms with Crippen LogP contribution in [0.1, 0.15) is 18.4 Å². The predicted octanol–water partition coefficient (Wildman–Crippen LogP) is 4.35. The minimum atomic E-state index is -4.11. The first-order valence-corrected chi connectivity index (χ1v) is 6.04. The number of aromatic nitrogens is 2. The second kappa shape index (κ2) is 4.76. The van der Waals surface area contributed by atoms with Gasteiger partial charge in [-0.15, -0.1) is 0 Å². The molecular weight excluding hydrogens is 261 g/mol. The molecule has 0 aliphatic carbocycles. The average molecular weight is 274 g/mol. The van der Waals surface area contributed by atoms with Gasteiger partial charge in [-0.2, -0.15) is 13.2 Å². The van der Waals surface area contributed by atoms with E-state index in [1.54, 1.807) is 4.57 Å². The zero-order chi connectivity index (χ0) is 13.3. The molecule has 0 atom stereocenters. The van der Waals surface area contributed by atoms with Crippen molar-refractivity contribution in [1.29, 1.82) is 0 Å². The van der Waals surface area contributed by atoms with Crippen LogP contribution in [0.4, 0.5) is 13.2 Å². The second-order valence-corrected chi connectivity index (χ2v) is 4.66. The van der Waals surface area contributed by atoms with Crippen molar-refractivity contribution in [1.82, 2.24) is 9.55 Å². The summed E-state index contributed by atoms with van der Waals surface area (Å²) < 4.78 is 38.6. The fraction of sp³-hybridized carbons (Fsp3) is 0.417. The molecule has 0 fully saturated rings. The van der Waals surface area contributed by atoms with Gasteiger partial charge in [-0.3, -0.25) is 0 Å². The lowest BCUT2D eigenvalue weighted by molar-refractivity contribution is -0.135. The summed E-state index contributed by atoms with van der Waals surface area (Å²) in [6, 6.07) is 5.68. The lowest BCUT2D eigenvalue weighted by Crippen LogP contribution is -2.09. The highest BCUT2D eigenvalue weighted by molar-refractivity contribution is 7.71. The molecular formula is C12H13F3N2S. The van der Waals surface area contributed by atoms with Gasteiger partial charge in [0.05, 0.1) is 11.0 Å². The van der Waals surface area contributed by atoms with Crippen LogP contribution in [-0.4, -0.2) is 15.7 Å². The van der Waals surface area contributed by atoms with Crippen LogP contribution in [0, 0.1) is 11.7 Å². The monoisotopic (exact) mass is 274 g/mol. The molecule has 0 spiro atoms. The van der Waals surface area contributed by atoms with Gasteiger partial charge >= 0.3 is 6.18 Å². The summed E-state index contributed by atoms with van der Waals surface area (Å²) in [5, 5.41) is 0. The van der Waals surface area contributed by atoms with Gasteiger partial charge in [-0.1, -0.05) is 12.1 Å². The van der Waals surface area contributed by atoms with E-state index in [9.17, 15) is 13.2 Å². The molecule has 0 saturated carbocycles. The standard InChI is InChI=1S/C12H13F3N2S/c1-8-4-2-5-9-10(8)16-11(18)17(9)7-3-6-12(13,14)15/h2,4-5H,3,6-7H2,1H3,(H,16,18). The molecule has 98 valence electrons. The molecule has 1 aromatic carbocycles. The Morgan fingerprint density at radius 2 is 2.06 bits per heavy atom. The molecule has 1 aromatic heterocycles. The van der Waals surface area contributed by atoms with Gasteiger partial charge in [-0.05, 0) is 37.2 Å². The minimum Gasteiger partial charge on any atom is -0.330 e. The predicted molar refractivity (Wildman–Crippen MR) is 67.1 cm³/mol. The van der Waals surface area contributed by atoms with Gasteiger partial charge < -0.3 is 9.55 Å². The van der Waals surface area contributed by atoms with Gasteiger partial charge in [0.2, 0.25) is 0 Å². The van der Waals surface area contributed by atoms with Gasteiger partial charge in [0.15, 0.2) is 4.77 Å². The Morgan fingerprint density at radius 1 is 1.33 bits per heavy atom. The van der Waals surface area contributed by atoms with Crippen molar-refractivity contribution >= 4 is 23.3 Å². The Bertz CT molecular complexity index is 610. The molecule has 0 saturated heterocycles. The maximum Gasteiger partial charge on any atom is 0.389 e. The van der Waals surface area contributed by atoms with Crippen molar-refractivity contribution in [3.8, 4) is 0 Å². The number of H-pyrrole nitrogens is 1. The molecule has 0 unspecified atom stereocenters.